The maximum absolute atomic E-state index is 13.2. The largest absolute Gasteiger partial charge is 0.347 e. The van der Waals surface area contributed by atoms with E-state index < -0.39 is 0 Å². The van der Waals surface area contributed by atoms with E-state index in [4.69, 9.17) is 0 Å². The Morgan fingerprint density at radius 3 is 2.26 bits per heavy atom. The molecule has 1 unspecified atom stereocenters. The molecule has 6 nitrogen and oxygen atoms in total. The van der Waals surface area contributed by atoms with Crippen molar-refractivity contribution in [1.29, 1.82) is 0 Å². The molecule has 0 aliphatic carbocycles. The first-order valence-corrected chi connectivity index (χ1v) is 8.67. The van der Waals surface area contributed by atoms with Gasteiger partial charge in [-0.2, -0.15) is 0 Å². The van der Waals surface area contributed by atoms with Crippen LogP contribution >= 0.6 is 0 Å². The SMILES string of the molecule is CCC(c1ccc(F)cc1)N(C)C(=O)c1ccc(=O)n(CC(=O)N(C)C)c1. The quantitative estimate of drug-likeness (QED) is 0.781. The van der Waals surface area contributed by atoms with E-state index in [1.165, 1.54) is 39.9 Å². The molecule has 7 heteroatoms. The first-order valence-electron chi connectivity index (χ1n) is 8.67. The van der Waals surface area contributed by atoms with Crippen molar-refractivity contribution in [3.05, 3.63) is 69.9 Å². The van der Waals surface area contributed by atoms with Crippen LogP contribution in [0.3, 0.4) is 0 Å². The minimum atomic E-state index is -0.352. The number of hydrogen-bond donors (Lipinski definition) is 0. The minimum Gasteiger partial charge on any atom is -0.347 e. The average Bonchev–Trinajstić information content (AvgIpc) is 2.64. The molecule has 1 aromatic heterocycles. The van der Waals surface area contributed by atoms with Crippen LogP contribution in [0.15, 0.2) is 47.4 Å². The zero-order valence-corrected chi connectivity index (χ0v) is 16.0. The summed E-state index contributed by atoms with van der Waals surface area (Å²) in [5.41, 5.74) is 0.782. The number of pyridine rings is 1. The number of nitrogens with zero attached hydrogens (tertiary/aromatic N) is 3. The highest BCUT2D eigenvalue weighted by atomic mass is 19.1. The van der Waals surface area contributed by atoms with Gasteiger partial charge in [0.15, 0.2) is 0 Å². The summed E-state index contributed by atoms with van der Waals surface area (Å²) in [5.74, 6) is -0.856. The van der Waals surface area contributed by atoms with Gasteiger partial charge >= 0.3 is 0 Å². The summed E-state index contributed by atoms with van der Waals surface area (Å²) in [6.45, 7) is 1.81. The Morgan fingerprint density at radius 1 is 1.07 bits per heavy atom. The molecule has 0 aliphatic rings. The van der Waals surface area contributed by atoms with Gasteiger partial charge in [0, 0.05) is 33.4 Å². The number of likely N-dealkylation sites (N-methyl/N-ethyl adjacent to an activating group) is 1. The van der Waals surface area contributed by atoms with Crippen molar-refractivity contribution in [3.63, 3.8) is 0 Å². The number of amides is 2. The summed E-state index contributed by atoms with van der Waals surface area (Å²) >= 11 is 0. The molecule has 0 bridgehead atoms. The number of aromatic nitrogens is 1. The third kappa shape index (κ3) is 4.81. The van der Waals surface area contributed by atoms with Gasteiger partial charge in [-0.3, -0.25) is 14.4 Å². The Balaban J connectivity index is 2.28. The monoisotopic (exact) mass is 373 g/mol. The topological polar surface area (TPSA) is 62.6 Å². The zero-order chi connectivity index (χ0) is 20.1. The van der Waals surface area contributed by atoms with Crippen molar-refractivity contribution in [2.24, 2.45) is 0 Å². The van der Waals surface area contributed by atoms with Gasteiger partial charge in [0.2, 0.25) is 5.91 Å². The maximum Gasteiger partial charge on any atom is 0.255 e. The summed E-state index contributed by atoms with van der Waals surface area (Å²) in [7, 11) is 4.87. The summed E-state index contributed by atoms with van der Waals surface area (Å²) in [6.07, 6.45) is 2.05. The standard InChI is InChI=1S/C20H24FN3O3/c1-5-17(14-6-9-16(21)10-7-14)23(4)20(27)15-8-11-18(25)24(12-15)13-19(26)22(2)3/h6-12,17H,5,13H2,1-4H3. The summed E-state index contributed by atoms with van der Waals surface area (Å²) in [6, 6.07) is 8.54. The van der Waals surface area contributed by atoms with Gasteiger partial charge in [-0.05, 0) is 30.2 Å². The van der Waals surface area contributed by atoms with Crippen molar-refractivity contribution < 1.29 is 14.0 Å². The van der Waals surface area contributed by atoms with Crippen LogP contribution in [0.1, 0.15) is 35.3 Å². The van der Waals surface area contributed by atoms with E-state index in [1.807, 2.05) is 6.92 Å². The van der Waals surface area contributed by atoms with E-state index in [2.05, 4.69) is 0 Å². The van der Waals surface area contributed by atoms with Crippen LogP contribution < -0.4 is 5.56 Å². The fraction of sp³-hybridized carbons (Fsp3) is 0.350. The average molecular weight is 373 g/mol. The highest BCUT2D eigenvalue weighted by Gasteiger charge is 2.22. The number of hydrogen-bond acceptors (Lipinski definition) is 3. The highest BCUT2D eigenvalue weighted by Crippen LogP contribution is 2.24. The highest BCUT2D eigenvalue weighted by molar-refractivity contribution is 5.94. The normalized spacial score (nSPS) is 11.7. The molecular weight excluding hydrogens is 349 g/mol. The van der Waals surface area contributed by atoms with E-state index in [0.29, 0.717) is 12.0 Å². The molecule has 2 amide bonds. The Kier molecular flexibility index (Phi) is 6.50. The number of carbonyl (C=O) groups is 2. The lowest BCUT2D eigenvalue weighted by atomic mass is 10.0. The fourth-order valence-electron chi connectivity index (χ4n) is 2.83. The van der Waals surface area contributed by atoms with Gasteiger partial charge in [-0.1, -0.05) is 19.1 Å². The predicted molar refractivity (Wildman–Crippen MR) is 101 cm³/mol. The molecule has 2 rings (SSSR count). The third-order valence-corrected chi connectivity index (χ3v) is 4.46. The van der Waals surface area contributed by atoms with Crippen molar-refractivity contribution in [2.75, 3.05) is 21.1 Å². The Hall–Kier alpha value is -2.96. The molecule has 2 aromatic rings. The lowest BCUT2D eigenvalue weighted by Gasteiger charge is -2.28. The Bertz CT molecular complexity index is 875. The third-order valence-electron chi connectivity index (χ3n) is 4.46. The smallest absolute Gasteiger partial charge is 0.255 e. The molecule has 0 saturated carbocycles. The molecule has 1 heterocycles. The zero-order valence-electron chi connectivity index (χ0n) is 16.0. The lowest BCUT2D eigenvalue weighted by molar-refractivity contribution is -0.129. The second kappa shape index (κ2) is 8.62. The molecule has 27 heavy (non-hydrogen) atoms. The predicted octanol–water partition coefficient (Wildman–Crippen LogP) is 2.30. The number of benzene rings is 1. The molecular formula is C20H24FN3O3. The second-order valence-electron chi connectivity index (χ2n) is 6.56. The van der Waals surface area contributed by atoms with E-state index in [1.54, 1.807) is 38.2 Å². The summed E-state index contributed by atoms with van der Waals surface area (Å²) in [5, 5.41) is 0. The molecule has 1 aromatic carbocycles. The maximum atomic E-state index is 13.2. The number of carbonyl (C=O) groups excluding carboxylic acids is 2. The van der Waals surface area contributed by atoms with Gasteiger partial charge < -0.3 is 14.4 Å². The van der Waals surface area contributed by atoms with Crippen LogP contribution in [0.25, 0.3) is 0 Å². The van der Waals surface area contributed by atoms with Gasteiger partial charge in [-0.25, -0.2) is 4.39 Å². The van der Waals surface area contributed by atoms with E-state index in [0.717, 1.165) is 5.56 Å². The van der Waals surface area contributed by atoms with E-state index in [-0.39, 0.29) is 35.8 Å². The molecule has 0 N–H and O–H groups in total. The van der Waals surface area contributed by atoms with Gasteiger partial charge in [-0.15, -0.1) is 0 Å². The molecule has 0 saturated heterocycles. The fourth-order valence-corrected chi connectivity index (χ4v) is 2.83. The molecule has 0 spiro atoms. The van der Waals surface area contributed by atoms with Crippen LogP contribution in [0.2, 0.25) is 0 Å². The van der Waals surface area contributed by atoms with Gasteiger partial charge in [0.25, 0.3) is 11.5 Å². The lowest BCUT2D eigenvalue weighted by Crippen LogP contribution is -2.34. The van der Waals surface area contributed by atoms with Crippen molar-refractivity contribution in [1.82, 2.24) is 14.4 Å². The van der Waals surface area contributed by atoms with Crippen LogP contribution in [0.4, 0.5) is 4.39 Å². The Morgan fingerprint density at radius 2 is 1.70 bits per heavy atom. The number of rotatable bonds is 6. The second-order valence-corrected chi connectivity index (χ2v) is 6.56. The molecule has 0 fully saturated rings. The van der Waals surface area contributed by atoms with Gasteiger partial charge in [0.05, 0.1) is 11.6 Å². The summed E-state index contributed by atoms with van der Waals surface area (Å²) < 4.78 is 14.4. The van der Waals surface area contributed by atoms with Crippen LogP contribution in [0.5, 0.6) is 0 Å². The van der Waals surface area contributed by atoms with Crippen molar-refractivity contribution in [2.45, 2.75) is 25.9 Å². The molecule has 0 aliphatic heterocycles. The molecule has 0 radical (unpaired) electrons. The minimum absolute atomic E-state index is 0.133. The first kappa shape index (κ1) is 20.4. The first-order chi connectivity index (χ1) is 12.7. The molecule has 1 atom stereocenters. The van der Waals surface area contributed by atoms with Crippen LogP contribution in [-0.4, -0.2) is 47.3 Å². The van der Waals surface area contributed by atoms with E-state index >= 15 is 0 Å². The van der Waals surface area contributed by atoms with Gasteiger partial charge in [0.1, 0.15) is 12.4 Å². The van der Waals surface area contributed by atoms with Crippen LogP contribution in [0, 0.1) is 5.82 Å². The number of halogens is 1. The summed E-state index contributed by atoms with van der Waals surface area (Å²) in [4.78, 5) is 39.7. The van der Waals surface area contributed by atoms with Crippen LogP contribution in [-0.2, 0) is 11.3 Å². The van der Waals surface area contributed by atoms with Crippen molar-refractivity contribution >= 4 is 11.8 Å². The van der Waals surface area contributed by atoms with E-state index in [9.17, 15) is 18.8 Å². The molecule has 144 valence electrons. The van der Waals surface area contributed by atoms with Crippen molar-refractivity contribution in [3.8, 4) is 0 Å². The Labute approximate surface area is 157 Å².